The van der Waals surface area contributed by atoms with Gasteiger partial charge in [-0.15, -0.1) is 0 Å². The van der Waals surface area contributed by atoms with Crippen LogP contribution >= 0.6 is 0 Å². The van der Waals surface area contributed by atoms with Gasteiger partial charge in [0, 0.05) is 19.3 Å². The molecule has 0 bridgehead atoms. The Morgan fingerprint density at radius 1 is 0.256 bits per heavy atom. The predicted molar refractivity (Wildman–Crippen MR) is 357 cm³/mol. The van der Waals surface area contributed by atoms with Gasteiger partial charge in [0.2, 0.25) is 0 Å². The van der Waals surface area contributed by atoms with Crippen molar-refractivity contribution in [2.75, 3.05) is 13.2 Å². The number of allylic oxidation sites excluding steroid dienone is 30. The van der Waals surface area contributed by atoms with Crippen LogP contribution < -0.4 is 0 Å². The molecule has 0 aliphatic rings. The molecule has 0 saturated heterocycles. The van der Waals surface area contributed by atoms with Crippen LogP contribution in [0.25, 0.3) is 0 Å². The summed E-state index contributed by atoms with van der Waals surface area (Å²) in [6.45, 7) is 6.28. The van der Waals surface area contributed by atoms with Gasteiger partial charge in [-0.2, -0.15) is 0 Å². The Hall–Kier alpha value is -5.49. The fourth-order valence-corrected chi connectivity index (χ4v) is 8.29. The molecule has 458 valence electrons. The van der Waals surface area contributed by atoms with Crippen molar-refractivity contribution in [2.45, 2.75) is 264 Å². The molecule has 0 aromatic rings. The van der Waals surface area contributed by atoms with Gasteiger partial charge in [0.1, 0.15) is 13.2 Å². The van der Waals surface area contributed by atoms with Crippen molar-refractivity contribution in [3.63, 3.8) is 0 Å². The summed E-state index contributed by atoms with van der Waals surface area (Å²) in [6.07, 6.45) is 102. The first-order valence-electron chi connectivity index (χ1n) is 32.8. The first-order chi connectivity index (χ1) is 40.5. The molecule has 0 radical (unpaired) electrons. The average Bonchev–Trinajstić information content (AvgIpc) is 3.47. The molecule has 0 aromatic heterocycles. The Balaban J connectivity index is 4.43. The van der Waals surface area contributed by atoms with Crippen molar-refractivity contribution in [3.05, 3.63) is 182 Å². The van der Waals surface area contributed by atoms with Crippen molar-refractivity contribution < 1.29 is 28.6 Å². The quantitative estimate of drug-likeness (QED) is 0.0261. The average molecular weight is 1130 g/mol. The Bertz CT molecular complexity index is 1920. The molecule has 1 atom stereocenters. The number of esters is 3. The third kappa shape index (κ3) is 65.3. The van der Waals surface area contributed by atoms with Crippen molar-refractivity contribution in [3.8, 4) is 0 Å². The number of hydrogen-bond donors (Lipinski definition) is 0. The number of unbranched alkanes of at least 4 members (excludes halogenated alkanes) is 16. The fraction of sp³-hybridized carbons (Fsp3) is 0.566. The Morgan fingerprint density at radius 2 is 0.500 bits per heavy atom. The highest BCUT2D eigenvalue weighted by Gasteiger charge is 2.19. The minimum absolute atomic E-state index is 0.124. The van der Waals surface area contributed by atoms with Gasteiger partial charge in [0.15, 0.2) is 6.10 Å². The van der Waals surface area contributed by atoms with Gasteiger partial charge >= 0.3 is 17.9 Å². The molecule has 6 nitrogen and oxygen atoms in total. The molecular weight excluding hydrogens is 1010 g/mol. The summed E-state index contributed by atoms with van der Waals surface area (Å²) >= 11 is 0. The summed E-state index contributed by atoms with van der Waals surface area (Å²) in [5.41, 5.74) is 0. The lowest BCUT2D eigenvalue weighted by molar-refractivity contribution is -0.166. The number of carbonyl (C=O) groups excluding carboxylic acids is 3. The van der Waals surface area contributed by atoms with E-state index >= 15 is 0 Å². The lowest BCUT2D eigenvalue weighted by Crippen LogP contribution is -2.30. The molecule has 82 heavy (non-hydrogen) atoms. The molecule has 0 amide bonds. The third-order valence-corrected chi connectivity index (χ3v) is 13.1. The van der Waals surface area contributed by atoms with E-state index in [2.05, 4.69) is 191 Å². The Morgan fingerprint density at radius 3 is 0.793 bits per heavy atom. The van der Waals surface area contributed by atoms with Crippen LogP contribution in [0.5, 0.6) is 0 Å². The summed E-state index contributed by atoms with van der Waals surface area (Å²) in [4.78, 5) is 38.3. The zero-order valence-corrected chi connectivity index (χ0v) is 52.4. The van der Waals surface area contributed by atoms with Crippen LogP contribution in [0.15, 0.2) is 182 Å². The SMILES string of the molecule is CC/C=C\C/C=C\C/C=C\C/C=C\C/C=C\C/C=C\C/C=C\CCCCCCCCCCCC(=O)OCC(COC(=O)CCCCCCC/C=C\C/C=C\CCCC)OC(=O)CC/C=C\C/C=C\C/C=C\C/C=C\C/C=C\C/C=C\CC. The fourth-order valence-electron chi connectivity index (χ4n) is 8.29. The van der Waals surface area contributed by atoms with Gasteiger partial charge < -0.3 is 14.2 Å². The predicted octanol–water partition coefficient (Wildman–Crippen LogP) is 22.8. The zero-order chi connectivity index (χ0) is 59.2. The summed E-state index contributed by atoms with van der Waals surface area (Å²) in [7, 11) is 0. The van der Waals surface area contributed by atoms with Gasteiger partial charge in [0.25, 0.3) is 0 Å². The maximum absolute atomic E-state index is 12.9. The molecule has 0 aliphatic heterocycles. The van der Waals surface area contributed by atoms with Crippen molar-refractivity contribution >= 4 is 17.9 Å². The largest absolute Gasteiger partial charge is 0.462 e. The van der Waals surface area contributed by atoms with E-state index in [0.29, 0.717) is 19.3 Å². The first kappa shape index (κ1) is 76.5. The monoisotopic (exact) mass is 1130 g/mol. The second-order valence-corrected chi connectivity index (χ2v) is 20.9. The number of carbonyl (C=O) groups is 3. The van der Waals surface area contributed by atoms with Crippen LogP contribution in [0, 0.1) is 0 Å². The van der Waals surface area contributed by atoms with Gasteiger partial charge in [-0.05, 0) is 141 Å². The van der Waals surface area contributed by atoms with E-state index in [0.717, 1.165) is 154 Å². The van der Waals surface area contributed by atoms with E-state index in [1.54, 1.807) is 0 Å². The molecule has 0 aliphatic carbocycles. The molecule has 1 unspecified atom stereocenters. The molecule has 0 spiro atoms. The van der Waals surface area contributed by atoms with Crippen LogP contribution in [0.4, 0.5) is 0 Å². The minimum Gasteiger partial charge on any atom is -0.462 e. The van der Waals surface area contributed by atoms with Crippen LogP contribution in [-0.2, 0) is 28.6 Å². The van der Waals surface area contributed by atoms with E-state index in [4.69, 9.17) is 14.2 Å². The van der Waals surface area contributed by atoms with Crippen LogP contribution in [-0.4, -0.2) is 37.2 Å². The van der Waals surface area contributed by atoms with Crippen LogP contribution in [0.2, 0.25) is 0 Å². The molecule has 0 N–H and O–H groups in total. The number of hydrogen-bond acceptors (Lipinski definition) is 6. The maximum atomic E-state index is 12.9. The van der Waals surface area contributed by atoms with E-state index in [-0.39, 0.29) is 31.6 Å². The van der Waals surface area contributed by atoms with Gasteiger partial charge in [-0.25, -0.2) is 0 Å². The second-order valence-electron chi connectivity index (χ2n) is 20.9. The van der Waals surface area contributed by atoms with Gasteiger partial charge in [-0.1, -0.05) is 280 Å². The third-order valence-electron chi connectivity index (χ3n) is 13.1. The highest BCUT2D eigenvalue weighted by Crippen LogP contribution is 2.14. The molecule has 0 aromatic carbocycles. The summed E-state index contributed by atoms with van der Waals surface area (Å²) in [6, 6.07) is 0. The molecule has 0 fully saturated rings. The topological polar surface area (TPSA) is 78.9 Å². The maximum Gasteiger partial charge on any atom is 0.306 e. The molecule has 0 rings (SSSR count). The lowest BCUT2D eigenvalue weighted by Gasteiger charge is -2.18. The van der Waals surface area contributed by atoms with E-state index in [1.165, 1.54) is 57.8 Å². The zero-order valence-electron chi connectivity index (χ0n) is 52.4. The molecular formula is C76H118O6. The van der Waals surface area contributed by atoms with E-state index in [1.807, 2.05) is 12.2 Å². The smallest absolute Gasteiger partial charge is 0.306 e. The highest BCUT2D eigenvalue weighted by atomic mass is 16.6. The van der Waals surface area contributed by atoms with E-state index in [9.17, 15) is 14.4 Å². The lowest BCUT2D eigenvalue weighted by atomic mass is 10.1. The molecule has 0 saturated carbocycles. The Labute approximate surface area is 504 Å². The normalized spacial score (nSPS) is 13.4. The number of ether oxygens (including phenoxy) is 3. The van der Waals surface area contributed by atoms with Crippen LogP contribution in [0.3, 0.4) is 0 Å². The standard InChI is InChI=1S/C76H118O6/c1-4-7-10-13-16-19-22-25-28-30-32-33-34-35-36-37-38-39-40-41-42-43-45-46-48-51-54-57-60-63-66-69-75(78)81-72-73(71-80-74(77)68-65-62-59-56-53-50-27-24-21-18-15-12-9-6-3)82-76(79)70-67-64-61-58-55-52-49-47-44-31-29-26-23-20-17-14-11-8-5-2/h7-8,10-11,15-20,24-29,32-33,35-36,38-39,41-42,44,47,52,55,61,64,73H,4-6,9,12-14,21-23,30-31,34,37,40,43,45-46,48-51,53-54,56-60,62-63,65-72H2,1-3H3/b10-7-,11-8-,18-15-,19-16-,20-17-,27-24-,28-25-,29-26-,33-32-,36-35-,39-38-,42-41-,47-44-,55-52-,64-61-. The molecule has 0 heterocycles. The number of rotatable bonds is 57. The van der Waals surface area contributed by atoms with Crippen molar-refractivity contribution in [2.24, 2.45) is 0 Å². The highest BCUT2D eigenvalue weighted by molar-refractivity contribution is 5.71. The van der Waals surface area contributed by atoms with Crippen molar-refractivity contribution in [1.29, 1.82) is 0 Å². The first-order valence-corrected chi connectivity index (χ1v) is 32.8. The van der Waals surface area contributed by atoms with Crippen molar-refractivity contribution in [1.82, 2.24) is 0 Å². The summed E-state index contributed by atoms with van der Waals surface area (Å²) in [5, 5.41) is 0. The Kier molecular flexibility index (Phi) is 63.5. The summed E-state index contributed by atoms with van der Waals surface area (Å²) in [5.74, 6) is -1.04. The molecule has 6 heteroatoms. The van der Waals surface area contributed by atoms with Crippen LogP contribution in [0.1, 0.15) is 258 Å². The summed E-state index contributed by atoms with van der Waals surface area (Å²) < 4.78 is 16.8. The second kappa shape index (κ2) is 68.0. The minimum atomic E-state index is -0.838. The van der Waals surface area contributed by atoms with Gasteiger partial charge in [-0.3, -0.25) is 14.4 Å². The van der Waals surface area contributed by atoms with E-state index < -0.39 is 12.1 Å². The van der Waals surface area contributed by atoms with Gasteiger partial charge in [0.05, 0.1) is 0 Å².